The first-order valence-electron chi connectivity index (χ1n) is 13.8. The van der Waals surface area contributed by atoms with E-state index in [0.717, 1.165) is 24.0 Å². The lowest BCUT2D eigenvalue weighted by atomic mass is 9.87. The highest BCUT2D eigenvalue weighted by Crippen LogP contribution is 2.23. The first kappa shape index (κ1) is 28.9. The maximum absolute atomic E-state index is 13.7. The average Bonchev–Trinajstić information content (AvgIpc) is 3.24. The summed E-state index contributed by atoms with van der Waals surface area (Å²) in [4.78, 5) is 21.2. The monoisotopic (exact) mass is 505 g/mol. The van der Waals surface area contributed by atoms with Crippen molar-refractivity contribution in [2.45, 2.75) is 73.0 Å². The van der Waals surface area contributed by atoms with Crippen LogP contribution in [0, 0.1) is 11.8 Å². The van der Waals surface area contributed by atoms with Gasteiger partial charge in [-0.2, -0.15) is 0 Å². The van der Waals surface area contributed by atoms with Crippen LogP contribution in [0.1, 0.15) is 65.2 Å². The van der Waals surface area contributed by atoms with Crippen LogP contribution in [-0.2, 0) is 23.2 Å². The number of aliphatic hydroxyl groups is 1. The van der Waals surface area contributed by atoms with Gasteiger partial charge in [0.25, 0.3) is 0 Å². The number of hydrogen-bond donors (Lipinski definition) is 2. The van der Waals surface area contributed by atoms with Crippen LogP contribution < -0.4 is 0 Å². The number of amides is 1. The number of aromatic amines is 1. The molecule has 0 aliphatic rings. The highest BCUT2D eigenvalue weighted by Gasteiger charge is 2.22. The molecule has 37 heavy (non-hydrogen) atoms. The van der Waals surface area contributed by atoms with Crippen molar-refractivity contribution in [3.8, 4) is 0 Å². The number of benzene rings is 2. The third-order valence-electron chi connectivity index (χ3n) is 7.07. The number of fused-ring (bicyclic) bond motifs is 1. The number of aliphatic hydroxyl groups excluding tert-OH is 1. The van der Waals surface area contributed by atoms with Crippen LogP contribution in [0.4, 0.5) is 0 Å². The van der Waals surface area contributed by atoms with E-state index in [9.17, 15) is 9.90 Å². The minimum absolute atomic E-state index is 0.0952. The third kappa shape index (κ3) is 8.44. The standard InChI is InChI=1S/C32H47N3O2/c1-23(2)19-34(21-30(36)24(3)4)22-31(37)35(20-25-12-14-27(15-13-25)32(5,6)7)17-16-26-18-33-29-11-9-8-10-28(26)29/h8-15,18,23-24,30,33,36H,16-17,19-22H2,1-7H3. The molecule has 1 unspecified atom stereocenters. The first-order chi connectivity index (χ1) is 17.4. The largest absolute Gasteiger partial charge is 0.392 e. The topological polar surface area (TPSA) is 59.6 Å². The molecular formula is C32H47N3O2. The van der Waals surface area contributed by atoms with Crippen LogP contribution >= 0.6 is 0 Å². The Labute approximate surface area is 223 Å². The summed E-state index contributed by atoms with van der Waals surface area (Å²) in [7, 11) is 0. The Bertz CT molecular complexity index is 1120. The van der Waals surface area contributed by atoms with Crippen LogP contribution in [0.25, 0.3) is 10.9 Å². The van der Waals surface area contributed by atoms with Gasteiger partial charge in [-0.15, -0.1) is 0 Å². The fourth-order valence-electron chi connectivity index (χ4n) is 4.70. The number of carbonyl (C=O) groups is 1. The summed E-state index contributed by atoms with van der Waals surface area (Å²) >= 11 is 0. The van der Waals surface area contributed by atoms with Gasteiger partial charge in [-0.3, -0.25) is 9.69 Å². The van der Waals surface area contributed by atoms with Gasteiger partial charge in [-0.25, -0.2) is 0 Å². The number of nitrogens with one attached hydrogen (secondary N) is 1. The first-order valence-corrected chi connectivity index (χ1v) is 13.8. The van der Waals surface area contributed by atoms with Gasteiger partial charge >= 0.3 is 0 Å². The molecule has 5 nitrogen and oxygen atoms in total. The van der Waals surface area contributed by atoms with Crippen molar-refractivity contribution >= 4 is 16.8 Å². The van der Waals surface area contributed by atoms with E-state index < -0.39 is 6.10 Å². The summed E-state index contributed by atoms with van der Waals surface area (Å²) in [5, 5.41) is 11.8. The lowest BCUT2D eigenvalue weighted by Crippen LogP contribution is -2.45. The van der Waals surface area contributed by atoms with Gasteiger partial charge < -0.3 is 15.0 Å². The van der Waals surface area contributed by atoms with Crippen molar-refractivity contribution in [3.63, 3.8) is 0 Å². The number of H-pyrrole nitrogens is 1. The number of para-hydroxylation sites is 1. The number of rotatable bonds is 12. The van der Waals surface area contributed by atoms with Gasteiger partial charge in [0.2, 0.25) is 5.91 Å². The smallest absolute Gasteiger partial charge is 0.237 e. The summed E-state index contributed by atoms with van der Waals surface area (Å²) in [6.07, 6.45) is 2.40. The van der Waals surface area contributed by atoms with Gasteiger partial charge in [0.05, 0.1) is 12.6 Å². The molecule has 0 saturated carbocycles. The van der Waals surface area contributed by atoms with Crippen molar-refractivity contribution in [1.29, 1.82) is 0 Å². The minimum atomic E-state index is -0.448. The van der Waals surface area contributed by atoms with E-state index in [1.807, 2.05) is 24.8 Å². The molecule has 5 heteroatoms. The molecule has 1 heterocycles. The normalized spacial score (nSPS) is 13.2. The summed E-state index contributed by atoms with van der Waals surface area (Å²) in [5.41, 5.74) is 4.87. The molecule has 0 bridgehead atoms. The minimum Gasteiger partial charge on any atom is -0.392 e. The predicted octanol–water partition coefficient (Wildman–Crippen LogP) is 6.01. The van der Waals surface area contributed by atoms with Gasteiger partial charge in [-0.05, 0) is 46.4 Å². The molecule has 0 radical (unpaired) electrons. The number of aromatic nitrogens is 1. The molecule has 1 aromatic heterocycles. The second-order valence-corrected chi connectivity index (χ2v) is 12.3. The van der Waals surface area contributed by atoms with E-state index in [1.165, 1.54) is 16.5 Å². The molecule has 2 aromatic carbocycles. The third-order valence-corrected chi connectivity index (χ3v) is 7.07. The molecule has 0 aliphatic carbocycles. The zero-order valence-electron chi connectivity index (χ0n) is 23.9. The lowest BCUT2D eigenvalue weighted by Gasteiger charge is -2.31. The van der Waals surface area contributed by atoms with E-state index >= 15 is 0 Å². The van der Waals surface area contributed by atoms with Crippen molar-refractivity contribution < 1.29 is 9.90 Å². The summed E-state index contributed by atoms with van der Waals surface area (Å²) in [6.45, 7) is 17.8. The van der Waals surface area contributed by atoms with Crippen LogP contribution in [0.3, 0.4) is 0 Å². The summed E-state index contributed by atoms with van der Waals surface area (Å²) < 4.78 is 0. The number of nitrogens with zero attached hydrogens (tertiary/aromatic N) is 2. The SMILES string of the molecule is CC(C)CN(CC(=O)N(CCc1c[nH]c2ccccc12)Cc1ccc(C(C)(C)C)cc1)CC(O)C(C)C. The fraction of sp³-hybridized carbons (Fsp3) is 0.531. The Kier molecular flexibility index (Phi) is 9.97. The molecule has 3 rings (SSSR count). The second kappa shape index (κ2) is 12.7. The van der Waals surface area contributed by atoms with Crippen molar-refractivity contribution in [1.82, 2.24) is 14.8 Å². The van der Waals surface area contributed by atoms with Crippen LogP contribution in [0.2, 0.25) is 0 Å². The molecule has 0 aliphatic heterocycles. The number of hydrogen-bond acceptors (Lipinski definition) is 3. The van der Waals surface area contributed by atoms with E-state index in [4.69, 9.17) is 0 Å². The van der Waals surface area contributed by atoms with Crippen molar-refractivity contribution in [3.05, 3.63) is 71.4 Å². The Morgan fingerprint density at radius 2 is 1.65 bits per heavy atom. The van der Waals surface area contributed by atoms with Crippen LogP contribution in [0.5, 0.6) is 0 Å². The van der Waals surface area contributed by atoms with E-state index in [-0.39, 0.29) is 17.2 Å². The molecule has 202 valence electrons. The van der Waals surface area contributed by atoms with E-state index in [1.54, 1.807) is 0 Å². The quantitative estimate of drug-likeness (QED) is 0.317. The molecule has 2 N–H and O–H groups in total. The van der Waals surface area contributed by atoms with E-state index in [0.29, 0.717) is 32.1 Å². The van der Waals surface area contributed by atoms with Crippen molar-refractivity contribution in [2.24, 2.45) is 11.8 Å². The van der Waals surface area contributed by atoms with Crippen LogP contribution in [0.15, 0.2) is 54.7 Å². The van der Waals surface area contributed by atoms with E-state index in [2.05, 4.69) is 93.2 Å². The van der Waals surface area contributed by atoms with Gasteiger partial charge in [0.15, 0.2) is 0 Å². The Morgan fingerprint density at radius 1 is 0.973 bits per heavy atom. The molecular weight excluding hydrogens is 458 g/mol. The Balaban J connectivity index is 1.79. The van der Waals surface area contributed by atoms with Crippen LogP contribution in [-0.4, -0.2) is 58.1 Å². The highest BCUT2D eigenvalue weighted by atomic mass is 16.3. The zero-order chi connectivity index (χ0) is 27.2. The van der Waals surface area contributed by atoms with Gasteiger partial charge in [-0.1, -0.05) is 90.9 Å². The average molecular weight is 506 g/mol. The maximum atomic E-state index is 13.7. The predicted molar refractivity (Wildman–Crippen MR) is 155 cm³/mol. The molecule has 1 amide bonds. The summed E-state index contributed by atoms with van der Waals surface area (Å²) in [5.74, 6) is 0.678. The van der Waals surface area contributed by atoms with Gasteiger partial charge in [0.1, 0.15) is 0 Å². The number of carbonyl (C=O) groups excluding carboxylic acids is 1. The molecule has 0 fully saturated rings. The molecule has 0 spiro atoms. The molecule has 3 aromatic rings. The van der Waals surface area contributed by atoms with Gasteiger partial charge in [0, 0.05) is 43.3 Å². The highest BCUT2D eigenvalue weighted by molar-refractivity contribution is 5.83. The zero-order valence-corrected chi connectivity index (χ0v) is 23.9. The Morgan fingerprint density at radius 3 is 2.27 bits per heavy atom. The summed E-state index contributed by atoms with van der Waals surface area (Å²) in [6, 6.07) is 17.0. The maximum Gasteiger partial charge on any atom is 0.237 e. The lowest BCUT2D eigenvalue weighted by molar-refractivity contribution is -0.133. The molecule has 1 atom stereocenters. The van der Waals surface area contributed by atoms with Crippen molar-refractivity contribution in [2.75, 3.05) is 26.2 Å². The fourth-order valence-corrected chi connectivity index (χ4v) is 4.70. The Hall–Kier alpha value is -2.63. The second-order valence-electron chi connectivity index (χ2n) is 12.3. The molecule has 0 saturated heterocycles.